The molecule has 0 spiro atoms. The van der Waals surface area contributed by atoms with Crippen LogP contribution in [0.2, 0.25) is 0 Å². The molecule has 0 bridgehead atoms. The zero-order valence-corrected chi connectivity index (χ0v) is 11.7. The lowest BCUT2D eigenvalue weighted by Crippen LogP contribution is -2.36. The number of fused-ring (bicyclic) bond motifs is 1. The summed E-state index contributed by atoms with van der Waals surface area (Å²) >= 11 is 0. The Morgan fingerprint density at radius 1 is 1.42 bits per heavy atom. The molecule has 0 saturated heterocycles. The van der Waals surface area contributed by atoms with Gasteiger partial charge in [-0.05, 0) is 36.6 Å². The number of benzene rings is 1. The topological polar surface area (TPSA) is 80.5 Å². The van der Waals surface area contributed by atoms with Crippen LogP contribution in [-0.2, 0) is 21.1 Å². The summed E-state index contributed by atoms with van der Waals surface area (Å²) in [6.45, 7) is 0.638. The number of nitrogens with zero attached hydrogens (tertiary/aromatic N) is 1. The van der Waals surface area contributed by atoms with Crippen LogP contribution in [0, 0.1) is 0 Å². The molecule has 1 aliphatic rings. The number of nitrogen functional groups attached to an aromatic ring is 1. The smallest absolute Gasteiger partial charge is 0.228 e. The van der Waals surface area contributed by atoms with Crippen molar-refractivity contribution < 1.29 is 13.2 Å². The van der Waals surface area contributed by atoms with E-state index in [1.54, 1.807) is 11.0 Å². The number of rotatable bonds is 3. The molecule has 19 heavy (non-hydrogen) atoms. The molecule has 6 heteroatoms. The molecular formula is C13H18N2O3S. The van der Waals surface area contributed by atoms with E-state index >= 15 is 0 Å². The Hall–Kier alpha value is -1.56. The number of anilines is 2. The third-order valence-corrected chi connectivity index (χ3v) is 4.16. The van der Waals surface area contributed by atoms with Crippen molar-refractivity contribution in [1.82, 2.24) is 0 Å². The molecule has 0 aliphatic carbocycles. The van der Waals surface area contributed by atoms with Gasteiger partial charge in [-0.25, -0.2) is 8.42 Å². The van der Waals surface area contributed by atoms with Crippen LogP contribution in [0.1, 0.15) is 18.4 Å². The van der Waals surface area contributed by atoms with Crippen LogP contribution in [0.3, 0.4) is 0 Å². The van der Waals surface area contributed by atoms with Crippen LogP contribution in [0.5, 0.6) is 0 Å². The highest BCUT2D eigenvalue weighted by atomic mass is 32.2. The summed E-state index contributed by atoms with van der Waals surface area (Å²) in [5.74, 6) is -0.247. The van der Waals surface area contributed by atoms with Gasteiger partial charge in [0.05, 0.1) is 5.75 Å². The Kier molecular flexibility index (Phi) is 3.80. The van der Waals surface area contributed by atoms with Gasteiger partial charge in [0.15, 0.2) is 0 Å². The number of sulfone groups is 1. The van der Waals surface area contributed by atoms with Crippen LogP contribution < -0.4 is 10.6 Å². The fourth-order valence-electron chi connectivity index (χ4n) is 2.28. The number of hydrogen-bond acceptors (Lipinski definition) is 4. The lowest BCUT2D eigenvalue weighted by atomic mass is 10.0. The molecule has 5 nitrogen and oxygen atoms in total. The van der Waals surface area contributed by atoms with Crippen molar-refractivity contribution >= 4 is 27.1 Å². The molecule has 2 N–H and O–H groups in total. The van der Waals surface area contributed by atoms with Gasteiger partial charge in [0.1, 0.15) is 9.84 Å². The molecule has 104 valence electrons. The van der Waals surface area contributed by atoms with Crippen molar-refractivity contribution in [3.8, 4) is 0 Å². The molecule has 1 aromatic rings. The quantitative estimate of drug-likeness (QED) is 0.838. The first-order valence-electron chi connectivity index (χ1n) is 6.23. The van der Waals surface area contributed by atoms with Crippen LogP contribution in [0.15, 0.2) is 18.2 Å². The third-order valence-electron chi connectivity index (χ3n) is 3.21. The second-order valence-corrected chi connectivity index (χ2v) is 7.18. The van der Waals surface area contributed by atoms with Crippen LogP contribution >= 0.6 is 0 Å². The highest BCUT2D eigenvalue weighted by Gasteiger charge is 2.23. The van der Waals surface area contributed by atoms with E-state index < -0.39 is 9.84 Å². The maximum Gasteiger partial charge on any atom is 0.228 e. The van der Waals surface area contributed by atoms with Gasteiger partial charge in [-0.1, -0.05) is 0 Å². The summed E-state index contributed by atoms with van der Waals surface area (Å²) in [7, 11) is -3.11. The molecule has 2 rings (SSSR count). The second-order valence-electron chi connectivity index (χ2n) is 4.92. The third kappa shape index (κ3) is 3.47. The first-order chi connectivity index (χ1) is 8.87. The highest BCUT2D eigenvalue weighted by molar-refractivity contribution is 7.90. The van der Waals surface area contributed by atoms with Gasteiger partial charge in [-0.3, -0.25) is 4.79 Å². The molecule has 0 fully saturated rings. The van der Waals surface area contributed by atoms with E-state index in [4.69, 9.17) is 5.73 Å². The van der Waals surface area contributed by atoms with Gasteiger partial charge in [0.2, 0.25) is 5.91 Å². The lowest BCUT2D eigenvalue weighted by molar-refractivity contribution is -0.118. The number of amides is 1. The molecule has 1 aromatic carbocycles. The first-order valence-corrected chi connectivity index (χ1v) is 8.29. The van der Waals surface area contributed by atoms with E-state index in [-0.39, 0.29) is 18.1 Å². The Balaban J connectivity index is 2.17. The highest BCUT2D eigenvalue weighted by Crippen LogP contribution is 2.29. The van der Waals surface area contributed by atoms with Crippen LogP contribution in [0.4, 0.5) is 11.4 Å². The minimum absolute atomic E-state index is 0.0304. The monoisotopic (exact) mass is 282 g/mol. The van der Waals surface area contributed by atoms with Crippen LogP contribution in [-0.4, -0.2) is 32.9 Å². The normalized spacial score (nSPS) is 15.1. The van der Waals surface area contributed by atoms with Crippen molar-refractivity contribution in [1.29, 1.82) is 0 Å². The Labute approximate surface area is 113 Å². The Morgan fingerprint density at radius 2 is 2.16 bits per heavy atom. The van der Waals surface area contributed by atoms with E-state index in [2.05, 4.69) is 0 Å². The fourth-order valence-corrected chi connectivity index (χ4v) is 2.83. The average Bonchev–Trinajstić information content (AvgIpc) is 2.34. The van der Waals surface area contributed by atoms with E-state index in [0.29, 0.717) is 12.2 Å². The summed E-state index contributed by atoms with van der Waals surface area (Å²) in [6.07, 6.45) is 2.95. The predicted octanol–water partition coefficient (Wildman–Crippen LogP) is 0.983. The van der Waals surface area contributed by atoms with Crippen molar-refractivity contribution in [2.24, 2.45) is 0 Å². The Morgan fingerprint density at radius 3 is 2.84 bits per heavy atom. The van der Waals surface area contributed by atoms with E-state index in [0.717, 1.165) is 30.3 Å². The minimum Gasteiger partial charge on any atom is -0.399 e. The zero-order valence-electron chi connectivity index (χ0n) is 10.9. The Bertz CT molecular complexity index is 596. The van der Waals surface area contributed by atoms with Gasteiger partial charge < -0.3 is 10.6 Å². The maximum atomic E-state index is 12.1. The minimum atomic E-state index is -3.11. The lowest BCUT2D eigenvalue weighted by Gasteiger charge is -2.29. The van der Waals surface area contributed by atoms with Crippen molar-refractivity contribution in [2.45, 2.75) is 19.3 Å². The van der Waals surface area contributed by atoms with Crippen molar-refractivity contribution in [3.05, 3.63) is 23.8 Å². The standard InChI is InChI=1S/C13H18N2O3S/c1-19(17,18)8-6-13(16)15-7-2-3-10-9-11(14)4-5-12(10)15/h4-5,9H,2-3,6-8,14H2,1H3. The molecule has 0 unspecified atom stereocenters. The van der Waals surface area contributed by atoms with Gasteiger partial charge in [-0.2, -0.15) is 0 Å². The number of nitrogens with two attached hydrogens (primary N) is 1. The molecule has 0 radical (unpaired) electrons. The number of aryl methyl sites for hydroxylation is 1. The van der Waals surface area contributed by atoms with Gasteiger partial charge in [0.25, 0.3) is 0 Å². The summed E-state index contributed by atoms with van der Waals surface area (Å²) in [5, 5.41) is 0. The molecule has 1 amide bonds. The van der Waals surface area contributed by atoms with Crippen LogP contribution in [0.25, 0.3) is 0 Å². The summed E-state index contributed by atoms with van der Waals surface area (Å²) in [5.41, 5.74) is 8.34. The van der Waals surface area contributed by atoms with Crippen molar-refractivity contribution in [3.63, 3.8) is 0 Å². The van der Waals surface area contributed by atoms with Gasteiger partial charge >= 0.3 is 0 Å². The van der Waals surface area contributed by atoms with Gasteiger partial charge in [-0.15, -0.1) is 0 Å². The summed E-state index contributed by atoms with van der Waals surface area (Å²) in [6, 6.07) is 5.48. The molecule has 0 aromatic heterocycles. The molecular weight excluding hydrogens is 264 g/mol. The molecule has 1 aliphatic heterocycles. The second kappa shape index (κ2) is 5.21. The van der Waals surface area contributed by atoms with Gasteiger partial charge in [0, 0.05) is 30.6 Å². The number of carbonyl (C=O) groups is 1. The predicted molar refractivity (Wildman–Crippen MR) is 75.9 cm³/mol. The van der Waals surface area contributed by atoms with E-state index in [9.17, 15) is 13.2 Å². The maximum absolute atomic E-state index is 12.1. The van der Waals surface area contributed by atoms with E-state index in [1.807, 2.05) is 12.1 Å². The zero-order chi connectivity index (χ0) is 14.0. The van der Waals surface area contributed by atoms with E-state index in [1.165, 1.54) is 0 Å². The SMILES string of the molecule is CS(=O)(=O)CCC(=O)N1CCCc2cc(N)ccc21. The molecule has 0 atom stereocenters. The number of carbonyl (C=O) groups excluding carboxylic acids is 1. The summed E-state index contributed by atoms with van der Waals surface area (Å²) < 4.78 is 22.2. The number of hydrogen-bond donors (Lipinski definition) is 1. The van der Waals surface area contributed by atoms with Crippen molar-refractivity contribution in [2.75, 3.05) is 29.2 Å². The average molecular weight is 282 g/mol. The fraction of sp³-hybridized carbons (Fsp3) is 0.462. The molecule has 1 heterocycles. The largest absolute Gasteiger partial charge is 0.399 e. The first kappa shape index (κ1) is 13.9. The summed E-state index contributed by atoms with van der Waals surface area (Å²) in [4.78, 5) is 13.8. The molecule has 0 saturated carbocycles.